The van der Waals surface area contributed by atoms with Gasteiger partial charge in [0.25, 0.3) is 5.91 Å². The molecular formula is C29H21BrClN5O2. The van der Waals surface area contributed by atoms with E-state index in [0.717, 1.165) is 38.1 Å². The number of aromatic nitrogens is 3. The lowest BCUT2D eigenvalue weighted by atomic mass is 10.1. The number of furan rings is 1. The molecule has 3 aromatic carbocycles. The zero-order chi connectivity index (χ0) is 26.1. The first-order chi connectivity index (χ1) is 18.5. The Morgan fingerprint density at radius 3 is 2.47 bits per heavy atom. The summed E-state index contributed by atoms with van der Waals surface area (Å²) in [6.45, 7) is 0.973. The van der Waals surface area contributed by atoms with E-state index in [-0.39, 0.29) is 5.91 Å². The van der Waals surface area contributed by atoms with Gasteiger partial charge in [-0.15, -0.1) is 0 Å². The normalized spacial score (nSPS) is 11.2. The molecule has 38 heavy (non-hydrogen) atoms. The number of halogens is 2. The Morgan fingerprint density at radius 1 is 0.947 bits per heavy atom. The fraction of sp³-hybridized carbons (Fsp3) is 0.0690. The molecule has 7 nitrogen and oxygen atoms in total. The van der Waals surface area contributed by atoms with Gasteiger partial charge >= 0.3 is 0 Å². The van der Waals surface area contributed by atoms with Crippen molar-refractivity contribution in [1.29, 1.82) is 0 Å². The van der Waals surface area contributed by atoms with E-state index in [4.69, 9.17) is 21.0 Å². The molecule has 3 heterocycles. The van der Waals surface area contributed by atoms with Gasteiger partial charge in [-0.3, -0.25) is 4.79 Å². The molecule has 0 aliphatic heterocycles. The van der Waals surface area contributed by atoms with Gasteiger partial charge in [0.2, 0.25) is 0 Å². The van der Waals surface area contributed by atoms with E-state index in [1.165, 1.54) is 0 Å². The van der Waals surface area contributed by atoms with Gasteiger partial charge in [0.05, 0.1) is 16.4 Å². The second-order valence-electron chi connectivity index (χ2n) is 8.74. The smallest absolute Gasteiger partial charge is 0.287 e. The quantitative estimate of drug-likeness (QED) is 0.208. The summed E-state index contributed by atoms with van der Waals surface area (Å²) in [6, 6.07) is 26.9. The van der Waals surface area contributed by atoms with E-state index in [9.17, 15) is 4.79 Å². The molecule has 3 aromatic heterocycles. The molecule has 0 fully saturated rings. The number of para-hydroxylation sites is 1. The molecule has 1 amide bonds. The topological polar surface area (TPSA) is 84.5 Å². The molecule has 0 bridgehead atoms. The summed E-state index contributed by atoms with van der Waals surface area (Å²) in [7, 11) is 0. The molecule has 0 atom stereocenters. The van der Waals surface area contributed by atoms with Gasteiger partial charge in [-0.25, -0.2) is 4.98 Å². The van der Waals surface area contributed by atoms with Crippen molar-refractivity contribution >= 4 is 55.9 Å². The second kappa shape index (κ2) is 10.3. The number of amides is 1. The summed E-state index contributed by atoms with van der Waals surface area (Å²) < 4.78 is 8.20. The van der Waals surface area contributed by atoms with E-state index >= 15 is 0 Å². The first-order valence-corrected chi connectivity index (χ1v) is 13.1. The van der Waals surface area contributed by atoms with E-state index in [1.807, 2.05) is 78.9 Å². The van der Waals surface area contributed by atoms with Crippen LogP contribution in [0.3, 0.4) is 0 Å². The molecule has 0 spiro atoms. The van der Waals surface area contributed by atoms with Gasteiger partial charge in [0, 0.05) is 35.1 Å². The summed E-state index contributed by atoms with van der Waals surface area (Å²) in [6.07, 6.45) is 1.72. The first-order valence-electron chi connectivity index (χ1n) is 11.9. The van der Waals surface area contributed by atoms with Crippen LogP contribution in [0.15, 0.2) is 100 Å². The van der Waals surface area contributed by atoms with Crippen molar-refractivity contribution < 1.29 is 9.21 Å². The predicted octanol–water partition coefficient (Wildman–Crippen LogP) is 7.10. The molecule has 6 rings (SSSR count). The number of fused-ring (bicyclic) bond motifs is 2. The lowest BCUT2D eigenvalue weighted by molar-refractivity contribution is 0.0925. The molecule has 0 aliphatic rings. The summed E-state index contributed by atoms with van der Waals surface area (Å²) in [4.78, 5) is 17.3. The van der Waals surface area contributed by atoms with Crippen molar-refractivity contribution in [2.75, 3.05) is 5.32 Å². The summed E-state index contributed by atoms with van der Waals surface area (Å²) in [5, 5.41) is 12.4. The largest absolute Gasteiger partial charge is 0.451 e. The fourth-order valence-corrected chi connectivity index (χ4v) is 4.78. The van der Waals surface area contributed by atoms with Crippen molar-refractivity contribution in [2.24, 2.45) is 0 Å². The lowest BCUT2D eigenvalue weighted by Gasteiger charge is -2.12. The SMILES string of the molecule is O=C(NCc1ccc(CNc2cc(-c3ccccc3Cl)nc3c(Br)cnn23)cc1)c1cc2ccccc2o1. The number of hydrogen-bond acceptors (Lipinski definition) is 5. The Kier molecular flexibility index (Phi) is 6.57. The molecule has 6 aromatic rings. The van der Waals surface area contributed by atoms with E-state index in [2.05, 4.69) is 31.7 Å². The van der Waals surface area contributed by atoms with Crippen LogP contribution in [0, 0.1) is 0 Å². The minimum Gasteiger partial charge on any atom is -0.451 e. The highest BCUT2D eigenvalue weighted by Gasteiger charge is 2.14. The van der Waals surface area contributed by atoms with Crippen molar-refractivity contribution in [3.63, 3.8) is 0 Å². The monoisotopic (exact) mass is 585 g/mol. The van der Waals surface area contributed by atoms with Gasteiger partial charge in [-0.05, 0) is 45.3 Å². The number of carbonyl (C=O) groups is 1. The van der Waals surface area contributed by atoms with Crippen LogP contribution in [0.25, 0.3) is 27.9 Å². The molecular weight excluding hydrogens is 566 g/mol. The zero-order valence-electron chi connectivity index (χ0n) is 20.0. The van der Waals surface area contributed by atoms with Crippen LogP contribution >= 0.6 is 27.5 Å². The van der Waals surface area contributed by atoms with Gasteiger partial charge in [-0.2, -0.15) is 9.61 Å². The van der Waals surface area contributed by atoms with Gasteiger partial charge in [0.1, 0.15) is 11.4 Å². The van der Waals surface area contributed by atoms with E-state index in [1.54, 1.807) is 16.8 Å². The molecule has 2 N–H and O–H groups in total. The second-order valence-corrected chi connectivity index (χ2v) is 10.00. The standard InChI is InChI=1S/C29H21BrClN5O2/c30-22-17-34-36-27(14-24(35-28(22)36)21-6-2-3-7-23(21)31)32-15-18-9-11-19(12-10-18)16-33-29(37)26-13-20-5-1-4-8-25(20)38-26/h1-14,17,32H,15-16H2,(H,33,37). The Labute approximate surface area is 231 Å². The van der Waals surface area contributed by atoms with Gasteiger partial charge < -0.3 is 15.1 Å². The number of rotatable bonds is 7. The number of anilines is 1. The predicted molar refractivity (Wildman–Crippen MR) is 152 cm³/mol. The maximum absolute atomic E-state index is 12.5. The molecule has 0 unspecified atom stereocenters. The average molecular weight is 587 g/mol. The third kappa shape index (κ3) is 4.88. The highest BCUT2D eigenvalue weighted by molar-refractivity contribution is 9.10. The van der Waals surface area contributed by atoms with Gasteiger partial charge in [-0.1, -0.05) is 72.3 Å². The van der Waals surface area contributed by atoms with E-state index in [0.29, 0.717) is 35.1 Å². The molecule has 0 aliphatic carbocycles. The molecule has 0 saturated carbocycles. The number of benzene rings is 3. The Balaban J connectivity index is 1.14. The third-order valence-corrected chi connectivity index (χ3v) is 7.07. The van der Waals surface area contributed by atoms with Crippen molar-refractivity contribution in [3.05, 3.63) is 118 Å². The maximum Gasteiger partial charge on any atom is 0.287 e. The summed E-state index contributed by atoms with van der Waals surface area (Å²) in [5.41, 5.74) is 5.06. The molecule has 9 heteroatoms. The number of carbonyl (C=O) groups excluding carboxylic acids is 1. The van der Waals surface area contributed by atoms with Gasteiger partial charge in [0.15, 0.2) is 11.4 Å². The number of nitrogens with one attached hydrogen (secondary N) is 2. The van der Waals surface area contributed by atoms with Crippen LogP contribution in [0.2, 0.25) is 5.02 Å². The van der Waals surface area contributed by atoms with Crippen molar-refractivity contribution in [1.82, 2.24) is 19.9 Å². The molecule has 0 saturated heterocycles. The third-order valence-electron chi connectivity index (χ3n) is 6.18. The number of hydrogen-bond donors (Lipinski definition) is 2. The van der Waals surface area contributed by atoms with Crippen LogP contribution in [-0.2, 0) is 13.1 Å². The van der Waals surface area contributed by atoms with Crippen LogP contribution in [0.5, 0.6) is 0 Å². The molecule has 0 radical (unpaired) electrons. The summed E-state index contributed by atoms with van der Waals surface area (Å²) >= 11 is 9.97. The summed E-state index contributed by atoms with van der Waals surface area (Å²) in [5.74, 6) is 0.850. The Hall–Kier alpha value is -4.14. The van der Waals surface area contributed by atoms with Crippen LogP contribution in [0.4, 0.5) is 5.82 Å². The van der Waals surface area contributed by atoms with Crippen LogP contribution in [-0.4, -0.2) is 20.5 Å². The van der Waals surface area contributed by atoms with E-state index < -0.39 is 0 Å². The van der Waals surface area contributed by atoms with Crippen molar-refractivity contribution in [2.45, 2.75) is 13.1 Å². The lowest BCUT2D eigenvalue weighted by Crippen LogP contribution is -2.22. The number of nitrogens with zero attached hydrogens (tertiary/aromatic N) is 3. The zero-order valence-corrected chi connectivity index (χ0v) is 22.3. The first kappa shape index (κ1) is 24.2. The Morgan fingerprint density at radius 2 is 1.68 bits per heavy atom. The molecule has 188 valence electrons. The highest BCUT2D eigenvalue weighted by Crippen LogP contribution is 2.30. The fourth-order valence-electron chi connectivity index (χ4n) is 4.20. The average Bonchev–Trinajstić information content (AvgIpc) is 3.55. The minimum atomic E-state index is -0.242. The highest BCUT2D eigenvalue weighted by atomic mass is 79.9. The minimum absolute atomic E-state index is 0.242. The van der Waals surface area contributed by atoms with Crippen LogP contribution < -0.4 is 10.6 Å². The Bertz CT molecular complexity index is 1740. The maximum atomic E-state index is 12.5. The van der Waals surface area contributed by atoms with Crippen LogP contribution in [0.1, 0.15) is 21.7 Å². The van der Waals surface area contributed by atoms with Crippen molar-refractivity contribution in [3.8, 4) is 11.3 Å².